The minimum Gasteiger partial charge on any atom is -0.326 e. The summed E-state index contributed by atoms with van der Waals surface area (Å²) in [6, 6.07) is 21.3. The van der Waals surface area contributed by atoms with Crippen LogP contribution in [-0.2, 0) is 27.3 Å². The lowest BCUT2D eigenvalue weighted by molar-refractivity contribution is -0.139. The molecular weight excluding hydrogens is 352 g/mol. The number of nitrogens with zero attached hydrogens (tertiary/aromatic N) is 1. The van der Waals surface area contributed by atoms with Gasteiger partial charge in [-0.25, -0.2) is 0 Å². The Morgan fingerprint density at radius 3 is 2.18 bits per heavy atom. The summed E-state index contributed by atoms with van der Waals surface area (Å²) < 4.78 is 0. The highest BCUT2D eigenvalue weighted by atomic mass is 16.2. The lowest BCUT2D eigenvalue weighted by Crippen LogP contribution is -2.28. The molecule has 28 heavy (non-hydrogen) atoms. The van der Waals surface area contributed by atoms with Gasteiger partial charge in [0.15, 0.2) is 0 Å². The zero-order valence-electron chi connectivity index (χ0n) is 15.4. The number of rotatable bonds is 5. The normalized spacial score (nSPS) is 13.9. The molecule has 5 nitrogen and oxygen atoms in total. The van der Waals surface area contributed by atoms with Crippen molar-refractivity contribution in [3.05, 3.63) is 77.9 Å². The summed E-state index contributed by atoms with van der Waals surface area (Å²) in [5, 5.41) is 5.15. The predicted molar refractivity (Wildman–Crippen MR) is 108 cm³/mol. The highest BCUT2D eigenvalue weighted by Gasteiger charge is 2.28. The predicted octanol–water partition coefficient (Wildman–Crippen LogP) is 3.67. The van der Waals surface area contributed by atoms with Crippen LogP contribution >= 0.6 is 0 Å². The van der Waals surface area contributed by atoms with Gasteiger partial charge in [0, 0.05) is 18.5 Å². The van der Waals surface area contributed by atoms with E-state index in [4.69, 9.17) is 0 Å². The molecule has 1 saturated heterocycles. The molecule has 0 aliphatic carbocycles. The number of hydrogen-bond acceptors (Lipinski definition) is 3. The third-order valence-corrected chi connectivity index (χ3v) is 4.91. The number of fused-ring (bicyclic) bond motifs is 1. The number of carbonyl (C=O) groups is 3. The van der Waals surface area contributed by atoms with Gasteiger partial charge in [0.1, 0.15) is 0 Å². The highest BCUT2D eigenvalue weighted by Crippen LogP contribution is 2.19. The Balaban J connectivity index is 1.37. The maximum Gasteiger partial charge on any atom is 0.229 e. The first kappa shape index (κ1) is 17.9. The molecule has 0 saturated carbocycles. The van der Waals surface area contributed by atoms with Crippen LogP contribution in [0.1, 0.15) is 24.0 Å². The van der Waals surface area contributed by atoms with E-state index in [2.05, 4.69) is 5.32 Å². The minimum absolute atomic E-state index is 0.0899. The van der Waals surface area contributed by atoms with Crippen molar-refractivity contribution in [1.82, 2.24) is 4.90 Å². The summed E-state index contributed by atoms with van der Waals surface area (Å²) in [5.41, 5.74) is 2.50. The second-order valence-electron chi connectivity index (χ2n) is 6.98. The second-order valence-corrected chi connectivity index (χ2v) is 6.98. The number of likely N-dealkylation sites (tertiary alicyclic amines) is 1. The molecule has 0 bridgehead atoms. The van der Waals surface area contributed by atoms with Gasteiger partial charge in [-0.2, -0.15) is 0 Å². The minimum atomic E-state index is -0.127. The van der Waals surface area contributed by atoms with Crippen LogP contribution in [-0.4, -0.2) is 22.6 Å². The molecule has 140 valence electrons. The van der Waals surface area contributed by atoms with Crippen molar-refractivity contribution >= 4 is 34.2 Å². The van der Waals surface area contributed by atoms with E-state index in [1.54, 1.807) is 12.1 Å². The third-order valence-electron chi connectivity index (χ3n) is 4.91. The molecule has 0 spiro atoms. The lowest BCUT2D eigenvalue weighted by Gasteiger charge is -2.14. The zero-order valence-corrected chi connectivity index (χ0v) is 15.4. The molecule has 0 unspecified atom stereocenters. The van der Waals surface area contributed by atoms with Crippen LogP contribution in [0.3, 0.4) is 0 Å². The van der Waals surface area contributed by atoms with Crippen LogP contribution in [0.5, 0.6) is 0 Å². The van der Waals surface area contributed by atoms with Gasteiger partial charge in [-0.05, 0) is 34.0 Å². The first-order valence-electron chi connectivity index (χ1n) is 9.28. The van der Waals surface area contributed by atoms with E-state index >= 15 is 0 Å². The average molecular weight is 372 g/mol. The number of carbonyl (C=O) groups excluding carboxylic acids is 3. The van der Waals surface area contributed by atoms with E-state index in [0.29, 0.717) is 24.9 Å². The van der Waals surface area contributed by atoms with Crippen LogP contribution in [0.2, 0.25) is 0 Å². The van der Waals surface area contributed by atoms with Crippen molar-refractivity contribution in [2.24, 2.45) is 0 Å². The van der Waals surface area contributed by atoms with Crippen molar-refractivity contribution in [3.63, 3.8) is 0 Å². The van der Waals surface area contributed by atoms with Crippen molar-refractivity contribution in [1.29, 1.82) is 0 Å². The number of hydrogen-bond donors (Lipinski definition) is 1. The molecule has 3 amide bonds. The van der Waals surface area contributed by atoms with Crippen LogP contribution in [0.15, 0.2) is 66.7 Å². The topological polar surface area (TPSA) is 66.5 Å². The fraction of sp³-hybridized carbons (Fsp3) is 0.174. The summed E-state index contributed by atoms with van der Waals surface area (Å²) in [6.07, 6.45) is 0.882. The van der Waals surface area contributed by atoms with Crippen molar-refractivity contribution in [2.45, 2.75) is 25.8 Å². The van der Waals surface area contributed by atoms with Gasteiger partial charge in [0.2, 0.25) is 17.7 Å². The molecule has 3 aromatic carbocycles. The van der Waals surface area contributed by atoms with E-state index in [-0.39, 0.29) is 24.3 Å². The van der Waals surface area contributed by atoms with Crippen LogP contribution in [0.25, 0.3) is 10.8 Å². The summed E-state index contributed by atoms with van der Waals surface area (Å²) >= 11 is 0. The van der Waals surface area contributed by atoms with Crippen LogP contribution < -0.4 is 5.32 Å². The monoisotopic (exact) mass is 372 g/mol. The smallest absolute Gasteiger partial charge is 0.229 e. The van der Waals surface area contributed by atoms with Gasteiger partial charge in [0.25, 0.3) is 0 Å². The molecule has 5 heteroatoms. The summed E-state index contributed by atoms with van der Waals surface area (Å²) in [6.45, 7) is 0.281. The average Bonchev–Trinajstić information content (AvgIpc) is 3.01. The molecule has 1 aliphatic heterocycles. The number of nitrogens with one attached hydrogen (secondary N) is 1. The third kappa shape index (κ3) is 3.93. The maximum absolute atomic E-state index is 12.4. The number of benzene rings is 3. The van der Waals surface area contributed by atoms with Gasteiger partial charge in [-0.15, -0.1) is 0 Å². The SMILES string of the molecule is O=C(Cc1ccc2ccccc2c1)Nc1ccc(CN2C(=O)CCC2=O)cc1. The Kier molecular flexibility index (Phi) is 4.89. The highest BCUT2D eigenvalue weighted by molar-refractivity contribution is 6.01. The first-order chi connectivity index (χ1) is 13.6. The Morgan fingerprint density at radius 1 is 0.821 bits per heavy atom. The largest absolute Gasteiger partial charge is 0.326 e. The molecule has 4 rings (SSSR count). The Morgan fingerprint density at radius 2 is 1.46 bits per heavy atom. The van der Waals surface area contributed by atoms with Gasteiger partial charge in [0.05, 0.1) is 13.0 Å². The fourth-order valence-electron chi connectivity index (χ4n) is 3.41. The first-order valence-corrected chi connectivity index (χ1v) is 9.28. The maximum atomic E-state index is 12.4. The Bertz CT molecular complexity index is 1040. The van der Waals surface area contributed by atoms with E-state index in [1.165, 1.54) is 4.90 Å². The van der Waals surface area contributed by atoms with Gasteiger partial charge < -0.3 is 5.32 Å². The summed E-state index contributed by atoms with van der Waals surface area (Å²) in [5.74, 6) is -0.344. The quantitative estimate of drug-likeness (QED) is 0.695. The molecular formula is C23H20N2O3. The lowest BCUT2D eigenvalue weighted by atomic mass is 10.0. The van der Waals surface area contributed by atoms with Crippen LogP contribution in [0.4, 0.5) is 5.69 Å². The van der Waals surface area contributed by atoms with Gasteiger partial charge in [-0.1, -0.05) is 54.6 Å². The molecule has 1 N–H and O–H groups in total. The molecule has 1 aliphatic rings. The van der Waals surface area contributed by atoms with E-state index in [9.17, 15) is 14.4 Å². The standard InChI is InChI=1S/C23H20N2O3/c26-21(14-17-5-8-18-3-1-2-4-19(18)13-17)24-20-9-6-16(7-10-20)15-25-22(27)11-12-23(25)28/h1-10,13H,11-12,14-15H2,(H,24,26). The van der Waals surface area contributed by atoms with Gasteiger partial charge in [-0.3, -0.25) is 19.3 Å². The molecule has 0 atom stereocenters. The summed E-state index contributed by atoms with van der Waals surface area (Å²) in [4.78, 5) is 37.1. The van der Waals surface area contributed by atoms with E-state index < -0.39 is 0 Å². The number of amides is 3. The van der Waals surface area contributed by atoms with Crippen molar-refractivity contribution in [3.8, 4) is 0 Å². The Hall–Kier alpha value is -3.47. The number of imide groups is 1. The van der Waals surface area contributed by atoms with Crippen LogP contribution in [0, 0.1) is 0 Å². The second kappa shape index (κ2) is 7.64. The molecule has 1 heterocycles. The summed E-state index contributed by atoms with van der Waals surface area (Å²) in [7, 11) is 0. The van der Waals surface area contributed by atoms with Gasteiger partial charge >= 0.3 is 0 Å². The number of anilines is 1. The van der Waals surface area contributed by atoms with Crippen molar-refractivity contribution < 1.29 is 14.4 Å². The molecule has 0 radical (unpaired) electrons. The molecule has 0 aromatic heterocycles. The van der Waals surface area contributed by atoms with Crippen molar-refractivity contribution in [2.75, 3.05) is 5.32 Å². The fourth-order valence-corrected chi connectivity index (χ4v) is 3.41. The Labute approximate surface area is 163 Å². The van der Waals surface area contributed by atoms with E-state index in [1.807, 2.05) is 54.6 Å². The van der Waals surface area contributed by atoms with E-state index in [0.717, 1.165) is 21.9 Å². The molecule has 1 fully saturated rings. The molecule has 3 aromatic rings. The zero-order chi connectivity index (χ0) is 19.5.